The van der Waals surface area contributed by atoms with Crippen LogP contribution in [0.15, 0.2) is 24.3 Å². The van der Waals surface area contributed by atoms with E-state index in [0.29, 0.717) is 12.5 Å². The summed E-state index contributed by atoms with van der Waals surface area (Å²) in [6, 6.07) is 7.33. The number of carbonyl (C=O) groups excluding carboxylic acids is 1. The van der Waals surface area contributed by atoms with Gasteiger partial charge in [0.05, 0.1) is 0 Å². The summed E-state index contributed by atoms with van der Waals surface area (Å²) in [5, 5.41) is 3.52. The minimum atomic E-state index is -0.187. The molecule has 2 atom stereocenters. The molecule has 104 valence electrons. The van der Waals surface area contributed by atoms with E-state index in [-0.39, 0.29) is 17.8 Å². The Hall–Kier alpha value is -1.42. The van der Waals surface area contributed by atoms with E-state index >= 15 is 0 Å². The molecule has 2 unspecified atom stereocenters. The third kappa shape index (κ3) is 4.03. The molecule has 1 aliphatic heterocycles. The van der Waals surface area contributed by atoms with Crippen LogP contribution in [0, 0.1) is 5.82 Å². The summed E-state index contributed by atoms with van der Waals surface area (Å²) in [6.45, 7) is 2.85. The van der Waals surface area contributed by atoms with Gasteiger partial charge >= 0.3 is 0 Å². The molecule has 1 aromatic carbocycles. The monoisotopic (exact) mass is 264 g/mol. The van der Waals surface area contributed by atoms with Crippen LogP contribution in [0.3, 0.4) is 0 Å². The Balaban J connectivity index is 1.84. The first kappa shape index (κ1) is 14.0. The van der Waals surface area contributed by atoms with Crippen molar-refractivity contribution in [3.8, 4) is 0 Å². The van der Waals surface area contributed by atoms with Crippen molar-refractivity contribution in [1.29, 1.82) is 0 Å². The maximum atomic E-state index is 13.1. The zero-order chi connectivity index (χ0) is 13.8. The largest absolute Gasteiger partial charge is 0.344 e. The fraction of sp³-hybridized carbons (Fsp3) is 0.533. The zero-order valence-electron chi connectivity index (χ0n) is 11.5. The Kier molecular flexibility index (Phi) is 4.53. The van der Waals surface area contributed by atoms with E-state index in [9.17, 15) is 9.18 Å². The SMILES string of the molecule is CC(Cc1cccc(F)c1)NC1CCC(=O)N(C)C1. The van der Waals surface area contributed by atoms with Crippen molar-refractivity contribution in [3.05, 3.63) is 35.6 Å². The lowest BCUT2D eigenvalue weighted by Gasteiger charge is -2.32. The Morgan fingerprint density at radius 1 is 1.53 bits per heavy atom. The normalized spacial score (nSPS) is 21.5. The van der Waals surface area contributed by atoms with E-state index in [2.05, 4.69) is 12.2 Å². The third-order valence-corrected chi connectivity index (χ3v) is 3.58. The lowest BCUT2D eigenvalue weighted by Crippen LogP contribution is -2.49. The Morgan fingerprint density at radius 2 is 2.32 bits per heavy atom. The highest BCUT2D eigenvalue weighted by Crippen LogP contribution is 2.12. The van der Waals surface area contributed by atoms with Crippen molar-refractivity contribution < 1.29 is 9.18 Å². The average Bonchev–Trinajstić information content (AvgIpc) is 2.34. The van der Waals surface area contributed by atoms with Gasteiger partial charge < -0.3 is 10.2 Å². The topological polar surface area (TPSA) is 32.3 Å². The van der Waals surface area contributed by atoms with Crippen LogP contribution in [-0.2, 0) is 11.2 Å². The zero-order valence-corrected chi connectivity index (χ0v) is 11.5. The number of carbonyl (C=O) groups is 1. The second-order valence-electron chi connectivity index (χ2n) is 5.41. The van der Waals surface area contributed by atoms with Gasteiger partial charge in [-0.3, -0.25) is 4.79 Å². The first-order chi connectivity index (χ1) is 9.04. The molecular formula is C15H21FN2O. The van der Waals surface area contributed by atoms with E-state index in [4.69, 9.17) is 0 Å². The molecule has 1 aliphatic rings. The van der Waals surface area contributed by atoms with Crippen molar-refractivity contribution >= 4 is 5.91 Å². The van der Waals surface area contributed by atoms with Gasteiger partial charge in [-0.2, -0.15) is 0 Å². The van der Waals surface area contributed by atoms with Crippen LogP contribution in [0.2, 0.25) is 0 Å². The van der Waals surface area contributed by atoms with Crippen LogP contribution in [0.1, 0.15) is 25.3 Å². The van der Waals surface area contributed by atoms with Gasteiger partial charge in [0.1, 0.15) is 5.82 Å². The number of hydrogen-bond donors (Lipinski definition) is 1. The molecule has 3 nitrogen and oxygen atoms in total. The molecule has 19 heavy (non-hydrogen) atoms. The molecule has 0 radical (unpaired) electrons. The molecule has 1 aromatic rings. The number of hydrogen-bond acceptors (Lipinski definition) is 2. The number of amides is 1. The van der Waals surface area contributed by atoms with Crippen molar-refractivity contribution in [3.63, 3.8) is 0 Å². The van der Waals surface area contributed by atoms with Crippen LogP contribution >= 0.6 is 0 Å². The van der Waals surface area contributed by atoms with Crippen molar-refractivity contribution in [1.82, 2.24) is 10.2 Å². The fourth-order valence-electron chi connectivity index (χ4n) is 2.63. The average molecular weight is 264 g/mol. The molecule has 0 spiro atoms. The van der Waals surface area contributed by atoms with Crippen molar-refractivity contribution in [2.45, 2.75) is 38.3 Å². The summed E-state index contributed by atoms with van der Waals surface area (Å²) in [4.78, 5) is 13.2. The molecule has 0 saturated carbocycles. The molecule has 2 rings (SSSR count). The van der Waals surface area contributed by atoms with Gasteiger partial charge in [-0.05, 0) is 37.5 Å². The number of rotatable bonds is 4. The van der Waals surface area contributed by atoms with Gasteiger partial charge in [-0.25, -0.2) is 4.39 Å². The van der Waals surface area contributed by atoms with Gasteiger partial charge in [0.25, 0.3) is 0 Å². The van der Waals surface area contributed by atoms with Gasteiger partial charge in [0.15, 0.2) is 0 Å². The maximum Gasteiger partial charge on any atom is 0.222 e. The smallest absolute Gasteiger partial charge is 0.222 e. The van der Waals surface area contributed by atoms with Gasteiger partial charge in [0.2, 0.25) is 5.91 Å². The molecule has 4 heteroatoms. The molecule has 1 N–H and O–H groups in total. The van der Waals surface area contributed by atoms with E-state index in [0.717, 1.165) is 24.9 Å². The van der Waals surface area contributed by atoms with Crippen LogP contribution in [0.25, 0.3) is 0 Å². The van der Waals surface area contributed by atoms with E-state index in [1.54, 1.807) is 17.0 Å². The second-order valence-corrected chi connectivity index (χ2v) is 5.41. The minimum absolute atomic E-state index is 0.187. The molecule has 1 fully saturated rings. The molecule has 1 amide bonds. The van der Waals surface area contributed by atoms with Crippen LogP contribution < -0.4 is 5.32 Å². The lowest BCUT2D eigenvalue weighted by molar-refractivity contribution is -0.132. The highest BCUT2D eigenvalue weighted by molar-refractivity contribution is 5.76. The van der Waals surface area contributed by atoms with Gasteiger partial charge in [-0.1, -0.05) is 12.1 Å². The summed E-state index contributed by atoms with van der Waals surface area (Å²) >= 11 is 0. The van der Waals surface area contributed by atoms with Crippen LogP contribution in [-0.4, -0.2) is 36.5 Å². The standard InChI is InChI=1S/C15H21FN2O/c1-11(8-12-4-3-5-13(16)9-12)17-14-6-7-15(19)18(2)10-14/h3-5,9,11,14,17H,6-8,10H2,1-2H3. The van der Waals surface area contributed by atoms with Gasteiger partial charge in [0, 0.05) is 32.1 Å². The first-order valence-corrected chi connectivity index (χ1v) is 6.79. The lowest BCUT2D eigenvalue weighted by atomic mass is 10.0. The van der Waals surface area contributed by atoms with E-state index in [1.165, 1.54) is 6.07 Å². The van der Waals surface area contributed by atoms with Crippen LogP contribution in [0.5, 0.6) is 0 Å². The number of benzene rings is 1. The summed E-state index contributed by atoms with van der Waals surface area (Å²) in [5.74, 6) is 0.0310. The molecule has 0 bridgehead atoms. The summed E-state index contributed by atoms with van der Waals surface area (Å²) < 4.78 is 13.1. The van der Waals surface area contributed by atoms with Gasteiger partial charge in [-0.15, -0.1) is 0 Å². The highest BCUT2D eigenvalue weighted by Gasteiger charge is 2.23. The quantitative estimate of drug-likeness (QED) is 0.901. The molecular weight excluding hydrogens is 243 g/mol. The molecule has 1 heterocycles. The second kappa shape index (κ2) is 6.15. The van der Waals surface area contributed by atoms with Crippen molar-refractivity contribution in [2.24, 2.45) is 0 Å². The van der Waals surface area contributed by atoms with Crippen LogP contribution in [0.4, 0.5) is 4.39 Å². The molecule has 0 aliphatic carbocycles. The number of halogens is 1. The van der Waals surface area contributed by atoms with Crippen molar-refractivity contribution in [2.75, 3.05) is 13.6 Å². The fourth-order valence-corrected chi connectivity index (χ4v) is 2.63. The Bertz CT molecular complexity index is 450. The Morgan fingerprint density at radius 3 is 3.00 bits per heavy atom. The number of nitrogens with one attached hydrogen (secondary N) is 1. The number of nitrogens with zero attached hydrogens (tertiary/aromatic N) is 1. The third-order valence-electron chi connectivity index (χ3n) is 3.58. The number of likely N-dealkylation sites (N-methyl/N-ethyl adjacent to an activating group) is 1. The molecule has 1 saturated heterocycles. The van der Waals surface area contributed by atoms with E-state index < -0.39 is 0 Å². The summed E-state index contributed by atoms with van der Waals surface area (Å²) in [6.07, 6.45) is 2.30. The molecule has 0 aromatic heterocycles. The predicted octanol–water partition coefficient (Wildman–Crippen LogP) is 1.97. The summed E-state index contributed by atoms with van der Waals surface area (Å²) in [7, 11) is 1.84. The minimum Gasteiger partial charge on any atom is -0.344 e. The highest BCUT2D eigenvalue weighted by atomic mass is 19.1. The maximum absolute atomic E-state index is 13.1. The Labute approximate surface area is 113 Å². The first-order valence-electron chi connectivity index (χ1n) is 6.79. The van der Waals surface area contributed by atoms with E-state index in [1.807, 2.05) is 13.1 Å². The predicted molar refractivity (Wildman–Crippen MR) is 73.4 cm³/mol. The number of piperidine rings is 1. The number of likely N-dealkylation sites (tertiary alicyclic amines) is 1. The summed E-state index contributed by atoms with van der Waals surface area (Å²) in [5.41, 5.74) is 1.00.